The SMILES string of the molecule is CC(c1ccccc1)C(C)(C)C#N. The highest BCUT2D eigenvalue weighted by Gasteiger charge is 2.26. The lowest BCUT2D eigenvalue weighted by Crippen LogP contribution is -2.17. The van der Waals surface area contributed by atoms with Crippen LogP contribution in [0.1, 0.15) is 32.3 Å². The molecule has 1 rings (SSSR count). The van der Waals surface area contributed by atoms with Gasteiger partial charge in [-0.2, -0.15) is 5.26 Å². The van der Waals surface area contributed by atoms with E-state index in [0.717, 1.165) is 0 Å². The van der Waals surface area contributed by atoms with Crippen LogP contribution in [0.3, 0.4) is 0 Å². The summed E-state index contributed by atoms with van der Waals surface area (Å²) in [4.78, 5) is 0. The first kappa shape index (κ1) is 9.80. The normalized spacial score (nSPS) is 13.4. The minimum atomic E-state index is -0.290. The molecule has 0 aliphatic rings. The van der Waals surface area contributed by atoms with Crippen molar-refractivity contribution in [2.45, 2.75) is 26.7 Å². The van der Waals surface area contributed by atoms with Crippen LogP contribution in [0.25, 0.3) is 0 Å². The van der Waals surface area contributed by atoms with Gasteiger partial charge >= 0.3 is 0 Å². The number of nitrogens with zero attached hydrogens (tertiary/aromatic N) is 1. The molecule has 1 aromatic rings. The van der Waals surface area contributed by atoms with E-state index in [2.05, 4.69) is 25.1 Å². The minimum Gasteiger partial charge on any atom is -0.198 e. The summed E-state index contributed by atoms with van der Waals surface area (Å²) < 4.78 is 0. The van der Waals surface area contributed by atoms with Gasteiger partial charge in [0, 0.05) is 0 Å². The topological polar surface area (TPSA) is 23.8 Å². The average Bonchev–Trinajstić information content (AvgIpc) is 2.18. The first-order valence-corrected chi connectivity index (χ1v) is 4.54. The summed E-state index contributed by atoms with van der Waals surface area (Å²) in [6.07, 6.45) is 0. The number of benzene rings is 1. The second kappa shape index (κ2) is 3.62. The van der Waals surface area contributed by atoms with Crippen molar-refractivity contribution >= 4 is 0 Å². The second-order valence-electron chi connectivity index (χ2n) is 3.97. The van der Waals surface area contributed by atoms with Gasteiger partial charge in [-0.05, 0) is 25.3 Å². The largest absolute Gasteiger partial charge is 0.198 e. The molecule has 0 amide bonds. The van der Waals surface area contributed by atoms with E-state index in [4.69, 9.17) is 5.26 Å². The van der Waals surface area contributed by atoms with Crippen LogP contribution in [-0.4, -0.2) is 0 Å². The summed E-state index contributed by atoms with van der Waals surface area (Å²) in [6.45, 7) is 6.05. The molecule has 0 radical (unpaired) electrons. The van der Waals surface area contributed by atoms with Crippen LogP contribution in [0.5, 0.6) is 0 Å². The number of nitriles is 1. The van der Waals surface area contributed by atoms with Crippen LogP contribution >= 0.6 is 0 Å². The zero-order chi connectivity index (χ0) is 9.90. The third kappa shape index (κ3) is 2.09. The highest BCUT2D eigenvalue weighted by Crippen LogP contribution is 2.33. The number of rotatable bonds is 2. The Bertz CT molecular complexity index is 306. The summed E-state index contributed by atoms with van der Waals surface area (Å²) in [5.41, 5.74) is 0.940. The van der Waals surface area contributed by atoms with Crippen molar-refractivity contribution in [3.05, 3.63) is 35.9 Å². The maximum Gasteiger partial charge on any atom is 0.0690 e. The Hall–Kier alpha value is -1.29. The Balaban J connectivity index is 2.94. The van der Waals surface area contributed by atoms with Crippen molar-refractivity contribution in [3.63, 3.8) is 0 Å². The standard InChI is InChI=1S/C12H15N/c1-10(12(2,3)9-13)11-7-5-4-6-8-11/h4-8,10H,1-3H3. The van der Waals surface area contributed by atoms with Crippen LogP contribution < -0.4 is 0 Å². The molecule has 13 heavy (non-hydrogen) atoms. The molecule has 68 valence electrons. The van der Waals surface area contributed by atoms with Gasteiger partial charge in [0.15, 0.2) is 0 Å². The monoisotopic (exact) mass is 173 g/mol. The van der Waals surface area contributed by atoms with Gasteiger partial charge in [0.05, 0.1) is 11.5 Å². The van der Waals surface area contributed by atoms with Crippen LogP contribution in [0.4, 0.5) is 0 Å². The molecule has 0 saturated carbocycles. The summed E-state index contributed by atoms with van der Waals surface area (Å²) in [5, 5.41) is 8.98. The van der Waals surface area contributed by atoms with Crippen molar-refractivity contribution in [2.24, 2.45) is 5.41 Å². The lowest BCUT2D eigenvalue weighted by Gasteiger charge is -2.24. The van der Waals surface area contributed by atoms with E-state index in [9.17, 15) is 0 Å². The fraction of sp³-hybridized carbons (Fsp3) is 0.417. The smallest absolute Gasteiger partial charge is 0.0690 e. The van der Waals surface area contributed by atoms with Gasteiger partial charge in [-0.3, -0.25) is 0 Å². The van der Waals surface area contributed by atoms with Crippen molar-refractivity contribution in [1.82, 2.24) is 0 Å². The van der Waals surface area contributed by atoms with Crippen molar-refractivity contribution in [2.75, 3.05) is 0 Å². The van der Waals surface area contributed by atoms with Gasteiger partial charge in [0.25, 0.3) is 0 Å². The fourth-order valence-electron chi connectivity index (χ4n) is 1.26. The van der Waals surface area contributed by atoms with E-state index >= 15 is 0 Å². The average molecular weight is 173 g/mol. The van der Waals surface area contributed by atoms with E-state index < -0.39 is 0 Å². The summed E-state index contributed by atoms with van der Waals surface area (Å²) in [7, 11) is 0. The lowest BCUT2D eigenvalue weighted by molar-refractivity contribution is 0.409. The molecule has 0 heterocycles. The predicted molar refractivity (Wildman–Crippen MR) is 54.3 cm³/mol. The van der Waals surface area contributed by atoms with Gasteiger partial charge in [-0.1, -0.05) is 37.3 Å². The zero-order valence-electron chi connectivity index (χ0n) is 8.41. The van der Waals surface area contributed by atoms with E-state index in [1.807, 2.05) is 32.0 Å². The van der Waals surface area contributed by atoms with Crippen molar-refractivity contribution in [1.29, 1.82) is 5.26 Å². The van der Waals surface area contributed by atoms with E-state index in [-0.39, 0.29) is 11.3 Å². The second-order valence-corrected chi connectivity index (χ2v) is 3.97. The Morgan fingerprint density at radius 1 is 1.23 bits per heavy atom. The quantitative estimate of drug-likeness (QED) is 0.673. The van der Waals surface area contributed by atoms with Crippen LogP contribution in [0, 0.1) is 16.7 Å². The molecule has 1 aromatic carbocycles. The molecule has 0 saturated heterocycles. The number of hydrogen-bond acceptors (Lipinski definition) is 1. The molecular weight excluding hydrogens is 158 g/mol. The van der Waals surface area contributed by atoms with Gasteiger partial charge in [0.1, 0.15) is 0 Å². The summed E-state index contributed by atoms with van der Waals surface area (Å²) in [6, 6.07) is 12.5. The molecule has 1 unspecified atom stereocenters. The summed E-state index contributed by atoms with van der Waals surface area (Å²) in [5.74, 6) is 0.277. The molecule has 0 aromatic heterocycles. The zero-order valence-corrected chi connectivity index (χ0v) is 8.41. The first-order chi connectivity index (χ1) is 6.08. The van der Waals surface area contributed by atoms with E-state index in [0.29, 0.717) is 0 Å². The lowest BCUT2D eigenvalue weighted by atomic mass is 9.77. The Kier molecular flexibility index (Phi) is 2.72. The van der Waals surface area contributed by atoms with Crippen LogP contribution in [0.2, 0.25) is 0 Å². The predicted octanol–water partition coefficient (Wildman–Crippen LogP) is 3.34. The maximum atomic E-state index is 8.98. The van der Waals surface area contributed by atoms with E-state index in [1.54, 1.807) is 0 Å². The Morgan fingerprint density at radius 2 is 1.77 bits per heavy atom. The Labute approximate surface area is 80.0 Å². The third-order valence-electron chi connectivity index (χ3n) is 2.67. The van der Waals surface area contributed by atoms with Gasteiger partial charge in [0.2, 0.25) is 0 Å². The third-order valence-corrected chi connectivity index (χ3v) is 2.67. The maximum absolute atomic E-state index is 8.98. The van der Waals surface area contributed by atoms with Crippen molar-refractivity contribution in [3.8, 4) is 6.07 Å². The first-order valence-electron chi connectivity index (χ1n) is 4.54. The fourth-order valence-corrected chi connectivity index (χ4v) is 1.26. The molecular formula is C12H15N. The summed E-state index contributed by atoms with van der Waals surface area (Å²) >= 11 is 0. The molecule has 0 N–H and O–H groups in total. The Morgan fingerprint density at radius 3 is 2.23 bits per heavy atom. The molecule has 0 bridgehead atoms. The molecule has 1 nitrogen and oxygen atoms in total. The van der Waals surface area contributed by atoms with Gasteiger partial charge in [-0.25, -0.2) is 0 Å². The molecule has 1 atom stereocenters. The van der Waals surface area contributed by atoms with Crippen LogP contribution in [0.15, 0.2) is 30.3 Å². The highest BCUT2D eigenvalue weighted by atomic mass is 14.4. The van der Waals surface area contributed by atoms with Gasteiger partial charge in [-0.15, -0.1) is 0 Å². The van der Waals surface area contributed by atoms with E-state index in [1.165, 1.54) is 5.56 Å². The van der Waals surface area contributed by atoms with Crippen molar-refractivity contribution < 1.29 is 0 Å². The minimum absolute atomic E-state index is 0.277. The highest BCUT2D eigenvalue weighted by molar-refractivity contribution is 5.23. The number of hydrogen-bond donors (Lipinski definition) is 0. The molecule has 0 aliphatic heterocycles. The van der Waals surface area contributed by atoms with Gasteiger partial charge < -0.3 is 0 Å². The molecule has 0 spiro atoms. The van der Waals surface area contributed by atoms with Crippen LogP contribution in [-0.2, 0) is 0 Å². The molecule has 1 heteroatoms. The molecule has 0 fully saturated rings. The molecule has 0 aliphatic carbocycles.